The average molecular weight is 465 g/mol. The number of nitrogens with one attached hydrogen (secondary N) is 1. The summed E-state index contributed by atoms with van der Waals surface area (Å²) in [4.78, 5) is 29.2. The molecule has 5 heterocycles. The molecule has 8 heteroatoms. The molecule has 3 aliphatic heterocycles. The molecule has 1 amide bonds. The molecule has 2 fully saturated rings. The van der Waals surface area contributed by atoms with Gasteiger partial charge in [-0.15, -0.1) is 23.7 Å². The van der Waals surface area contributed by atoms with E-state index >= 15 is 0 Å². The molecular weight excluding hydrogens is 436 g/mol. The Morgan fingerprint density at radius 2 is 2.00 bits per heavy atom. The molecule has 168 valence electrons. The van der Waals surface area contributed by atoms with Crippen molar-refractivity contribution in [1.82, 2.24) is 10.2 Å². The largest absolute Gasteiger partial charge is 0.427 e. The van der Waals surface area contributed by atoms with Gasteiger partial charge >= 0.3 is 5.63 Å². The molecule has 0 unspecified atom stereocenters. The van der Waals surface area contributed by atoms with E-state index in [4.69, 9.17) is 9.15 Å². The lowest BCUT2D eigenvalue weighted by molar-refractivity contribution is -0.0926. The van der Waals surface area contributed by atoms with Crippen LogP contribution in [-0.2, 0) is 16.8 Å². The first-order chi connectivity index (χ1) is 14.6. The number of hydrogen-bond acceptors (Lipinski definition) is 6. The lowest BCUT2D eigenvalue weighted by Crippen LogP contribution is -2.48. The fourth-order valence-corrected chi connectivity index (χ4v) is 6.15. The van der Waals surface area contributed by atoms with Gasteiger partial charge < -0.3 is 19.4 Å². The van der Waals surface area contributed by atoms with E-state index in [-0.39, 0.29) is 35.4 Å². The quantitative estimate of drug-likeness (QED) is 0.735. The van der Waals surface area contributed by atoms with Crippen molar-refractivity contribution < 1.29 is 13.9 Å². The fraction of sp³-hybridized carbons (Fsp3) is 0.565. The first-order valence-electron chi connectivity index (χ1n) is 10.9. The predicted octanol–water partition coefficient (Wildman–Crippen LogP) is 3.60. The predicted molar refractivity (Wildman–Crippen MR) is 123 cm³/mol. The van der Waals surface area contributed by atoms with E-state index < -0.39 is 5.63 Å². The third-order valence-electron chi connectivity index (χ3n) is 6.93. The standard InChI is InChI=1S/C23H28N2O4S.ClH/c1-15-14-18(16-2-8-24-9-3-16)29-22(27)20(15)21(26)25-10-6-23(7-11-25)17-5-13-30-19(17)4-12-28-23;/h5,13-14,16,24H,2-4,6-12H2,1H3;1H. The molecule has 2 aromatic rings. The van der Waals surface area contributed by atoms with Crippen LogP contribution in [0.2, 0.25) is 0 Å². The van der Waals surface area contributed by atoms with Crippen molar-refractivity contribution in [3.05, 3.63) is 55.3 Å². The molecule has 0 bridgehead atoms. The first kappa shape index (κ1) is 22.5. The summed E-state index contributed by atoms with van der Waals surface area (Å²) in [5.41, 5.74) is 1.43. The van der Waals surface area contributed by atoms with Crippen LogP contribution in [0.4, 0.5) is 0 Å². The van der Waals surface area contributed by atoms with Gasteiger partial charge in [0.05, 0.1) is 12.2 Å². The molecule has 1 N–H and O–H groups in total. The third kappa shape index (κ3) is 4.09. The molecule has 0 saturated carbocycles. The number of carbonyl (C=O) groups is 1. The Kier molecular flexibility index (Phi) is 6.58. The SMILES string of the molecule is Cc1cc(C2CCNCC2)oc(=O)c1C(=O)N1CCC2(CC1)OCCc1sccc12.Cl. The van der Waals surface area contributed by atoms with Gasteiger partial charge in [-0.25, -0.2) is 4.79 Å². The summed E-state index contributed by atoms with van der Waals surface area (Å²) in [5.74, 6) is 0.753. The number of amides is 1. The molecule has 3 aliphatic rings. The molecule has 0 aromatic carbocycles. The minimum absolute atomic E-state index is 0. The number of thiophene rings is 1. The summed E-state index contributed by atoms with van der Waals surface area (Å²) in [6.45, 7) is 5.62. The van der Waals surface area contributed by atoms with Crippen molar-refractivity contribution in [2.24, 2.45) is 0 Å². The maximum Gasteiger partial charge on any atom is 0.349 e. The minimum atomic E-state index is -0.497. The van der Waals surface area contributed by atoms with Crippen molar-refractivity contribution in [3.63, 3.8) is 0 Å². The number of ether oxygens (including phenoxy) is 1. The number of fused-ring (bicyclic) bond motifs is 2. The zero-order valence-corrected chi connectivity index (χ0v) is 19.4. The zero-order chi connectivity index (χ0) is 20.7. The Bertz CT molecular complexity index is 1000. The van der Waals surface area contributed by atoms with E-state index in [0.29, 0.717) is 18.8 Å². The maximum absolute atomic E-state index is 13.2. The van der Waals surface area contributed by atoms with Crippen LogP contribution in [0.3, 0.4) is 0 Å². The Morgan fingerprint density at radius 1 is 1.26 bits per heavy atom. The molecular formula is C23H29ClN2O4S. The van der Waals surface area contributed by atoms with E-state index in [2.05, 4.69) is 16.8 Å². The number of carbonyl (C=O) groups excluding carboxylic acids is 1. The molecule has 2 saturated heterocycles. The van der Waals surface area contributed by atoms with Crippen molar-refractivity contribution >= 4 is 29.7 Å². The molecule has 0 radical (unpaired) electrons. The second kappa shape index (κ2) is 9.06. The van der Waals surface area contributed by atoms with Crippen LogP contribution < -0.4 is 10.9 Å². The van der Waals surface area contributed by atoms with Crippen molar-refractivity contribution in [2.45, 2.75) is 50.5 Å². The van der Waals surface area contributed by atoms with Crippen LogP contribution in [0.5, 0.6) is 0 Å². The number of rotatable bonds is 2. The van der Waals surface area contributed by atoms with Crippen molar-refractivity contribution in [3.8, 4) is 0 Å². The smallest absolute Gasteiger partial charge is 0.349 e. The first-order valence-corrected chi connectivity index (χ1v) is 11.8. The highest BCUT2D eigenvalue weighted by Gasteiger charge is 2.42. The maximum atomic E-state index is 13.2. The molecule has 6 nitrogen and oxygen atoms in total. The van der Waals surface area contributed by atoms with Gasteiger partial charge in [-0.05, 0) is 74.3 Å². The van der Waals surface area contributed by atoms with Crippen LogP contribution in [0.25, 0.3) is 0 Å². The fourth-order valence-electron chi connectivity index (χ4n) is 5.20. The Labute approximate surface area is 192 Å². The minimum Gasteiger partial charge on any atom is -0.427 e. The molecule has 5 rings (SSSR count). The second-order valence-corrected chi connectivity index (χ2v) is 9.66. The van der Waals surface area contributed by atoms with Crippen LogP contribution >= 0.6 is 23.7 Å². The van der Waals surface area contributed by atoms with Crippen LogP contribution in [0, 0.1) is 6.92 Å². The van der Waals surface area contributed by atoms with Gasteiger partial charge in [0.1, 0.15) is 11.3 Å². The van der Waals surface area contributed by atoms with Crippen molar-refractivity contribution in [2.75, 3.05) is 32.8 Å². The molecule has 0 aliphatic carbocycles. The second-order valence-electron chi connectivity index (χ2n) is 8.66. The summed E-state index contributed by atoms with van der Waals surface area (Å²) in [6, 6.07) is 4.08. The molecule has 1 spiro atoms. The van der Waals surface area contributed by atoms with Gasteiger partial charge in [-0.1, -0.05) is 0 Å². The average Bonchev–Trinajstić information content (AvgIpc) is 3.25. The van der Waals surface area contributed by atoms with Gasteiger partial charge in [0, 0.05) is 30.3 Å². The highest BCUT2D eigenvalue weighted by molar-refractivity contribution is 7.10. The third-order valence-corrected chi connectivity index (χ3v) is 7.91. The highest BCUT2D eigenvalue weighted by Crippen LogP contribution is 2.43. The Morgan fingerprint density at radius 3 is 2.71 bits per heavy atom. The molecule has 0 atom stereocenters. The van der Waals surface area contributed by atoms with Crippen molar-refractivity contribution in [1.29, 1.82) is 0 Å². The van der Waals surface area contributed by atoms with Gasteiger partial charge in [0.15, 0.2) is 0 Å². The molecule has 31 heavy (non-hydrogen) atoms. The van der Waals surface area contributed by atoms with Gasteiger partial charge in [-0.3, -0.25) is 4.79 Å². The normalized spacial score (nSPS) is 20.9. The number of nitrogens with zero attached hydrogens (tertiary/aromatic N) is 1. The van der Waals surface area contributed by atoms with Gasteiger partial charge in [-0.2, -0.15) is 0 Å². The number of aryl methyl sites for hydroxylation is 1. The highest BCUT2D eigenvalue weighted by atomic mass is 35.5. The Balaban J connectivity index is 0.00000231. The van der Waals surface area contributed by atoms with Gasteiger partial charge in [0.2, 0.25) is 0 Å². The summed E-state index contributed by atoms with van der Waals surface area (Å²) in [5, 5.41) is 5.46. The topological polar surface area (TPSA) is 71.8 Å². The number of piperidine rings is 2. The summed E-state index contributed by atoms with van der Waals surface area (Å²) in [7, 11) is 0. The summed E-state index contributed by atoms with van der Waals surface area (Å²) in [6.07, 6.45) is 4.41. The van der Waals surface area contributed by atoms with E-state index in [9.17, 15) is 9.59 Å². The van der Waals surface area contributed by atoms with Crippen LogP contribution in [0.1, 0.15) is 63.7 Å². The lowest BCUT2D eigenvalue weighted by Gasteiger charge is -2.44. The molecule has 2 aromatic heterocycles. The summed E-state index contributed by atoms with van der Waals surface area (Å²) < 4.78 is 11.9. The number of halogens is 1. The van der Waals surface area contributed by atoms with E-state index in [1.165, 1.54) is 10.4 Å². The van der Waals surface area contributed by atoms with Crippen LogP contribution in [0.15, 0.2) is 26.7 Å². The Hall–Kier alpha value is -1.67. The lowest BCUT2D eigenvalue weighted by atomic mass is 9.82. The van der Waals surface area contributed by atoms with E-state index in [1.54, 1.807) is 16.2 Å². The zero-order valence-electron chi connectivity index (χ0n) is 17.8. The van der Waals surface area contributed by atoms with E-state index in [0.717, 1.165) is 57.4 Å². The number of likely N-dealkylation sites (tertiary alicyclic amines) is 1. The van der Waals surface area contributed by atoms with Crippen LogP contribution in [-0.4, -0.2) is 43.6 Å². The summed E-state index contributed by atoms with van der Waals surface area (Å²) >= 11 is 1.80. The monoisotopic (exact) mass is 464 g/mol. The number of hydrogen-bond donors (Lipinski definition) is 1. The van der Waals surface area contributed by atoms with E-state index in [1.807, 2.05) is 13.0 Å². The van der Waals surface area contributed by atoms with Gasteiger partial charge in [0.25, 0.3) is 5.91 Å².